The van der Waals surface area contributed by atoms with Gasteiger partial charge in [-0.2, -0.15) is 0 Å². The fourth-order valence-electron chi connectivity index (χ4n) is 1.31. The number of carboxylic acid groups (broad SMARTS) is 1. The van der Waals surface area contributed by atoms with Crippen LogP contribution in [0.5, 0.6) is 0 Å². The van der Waals surface area contributed by atoms with Gasteiger partial charge in [-0.05, 0) is 6.92 Å². The van der Waals surface area contributed by atoms with Crippen molar-refractivity contribution in [2.24, 2.45) is 5.73 Å². The molecule has 0 spiro atoms. The van der Waals surface area contributed by atoms with Crippen molar-refractivity contribution < 1.29 is 9.90 Å². The van der Waals surface area contributed by atoms with Crippen LogP contribution in [-0.4, -0.2) is 25.4 Å². The van der Waals surface area contributed by atoms with Crippen LogP contribution in [0.3, 0.4) is 0 Å². The first kappa shape index (κ1) is 9.60. The van der Waals surface area contributed by atoms with Crippen molar-refractivity contribution in [3.05, 3.63) is 29.8 Å². The minimum absolute atomic E-state index is 0.455. The van der Waals surface area contributed by atoms with Crippen LogP contribution in [0, 0.1) is 6.92 Å². The first-order chi connectivity index (χ1) is 7.09. The van der Waals surface area contributed by atoms with Crippen molar-refractivity contribution in [1.82, 2.24) is 14.4 Å². The van der Waals surface area contributed by atoms with Crippen molar-refractivity contribution >= 4 is 11.7 Å². The molecule has 3 N–H and O–H groups in total. The molecule has 0 aliphatic rings. The molecule has 0 saturated heterocycles. The molecule has 0 radical (unpaired) electrons. The Kier molecular flexibility index (Phi) is 2.12. The van der Waals surface area contributed by atoms with E-state index in [1.807, 2.05) is 6.92 Å². The van der Waals surface area contributed by atoms with E-state index in [-0.39, 0.29) is 0 Å². The zero-order chi connectivity index (χ0) is 11.0. The zero-order valence-electron chi connectivity index (χ0n) is 8.08. The fourth-order valence-corrected chi connectivity index (χ4v) is 1.31. The van der Waals surface area contributed by atoms with Crippen LogP contribution >= 0.6 is 0 Å². The summed E-state index contributed by atoms with van der Waals surface area (Å²) >= 11 is 0. The lowest BCUT2D eigenvalue weighted by molar-refractivity contribution is -0.138. The van der Waals surface area contributed by atoms with Gasteiger partial charge in [-0.1, -0.05) is 0 Å². The number of aryl methyl sites for hydroxylation is 1. The number of nitrogens with two attached hydrogens (primary N) is 1. The van der Waals surface area contributed by atoms with E-state index in [9.17, 15) is 4.79 Å². The third-order valence-electron chi connectivity index (χ3n) is 2.19. The van der Waals surface area contributed by atoms with Crippen molar-refractivity contribution in [3.63, 3.8) is 0 Å². The standard InChI is InChI=1S/C9H10N4O2/c1-5-2-11-9-12-3-6(4-13(5)9)7(10)8(14)15/h2-4,7H,10H2,1H3,(H,14,15). The highest BCUT2D eigenvalue weighted by Crippen LogP contribution is 2.11. The number of hydrogen-bond donors (Lipinski definition) is 2. The van der Waals surface area contributed by atoms with Gasteiger partial charge in [0.05, 0.1) is 6.20 Å². The summed E-state index contributed by atoms with van der Waals surface area (Å²) in [5.41, 5.74) is 6.82. The first-order valence-corrected chi connectivity index (χ1v) is 4.37. The van der Waals surface area contributed by atoms with Crippen molar-refractivity contribution in [1.29, 1.82) is 0 Å². The number of fused-ring (bicyclic) bond motifs is 1. The van der Waals surface area contributed by atoms with Crippen molar-refractivity contribution in [2.75, 3.05) is 0 Å². The molecule has 0 aliphatic carbocycles. The molecule has 1 atom stereocenters. The van der Waals surface area contributed by atoms with Gasteiger partial charge in [0.1, 0.15) is 6.04 Å². The number of aliphatic carboxylic acids is 1. The quantitative estimate of drug-likeness (QED) is 0.728. The lowest BCUT2D eigenvalue weighted by Crippen LogP contribution is -2.21. The summed E-state index contributed by atoms with van der Waals surface area (Å²) in [5, 5.41) is 8.75. The Balaban J connectivity index is 2.54. The van der Waals surface area contributed by atoms with Gasteiger partial charge < -0.3 is 10.8 Å². The number of carboxylic acids is 1. The summed E-state index contributed by atoms with van der Waals surface area (Å²) in [6.45, 7) is 1.86. The fraction of sp³-hybridized carbons (Fsp3) is 0.222. The van der Waals surface area contributed by atoms with Gasteiger partial charge in [0.15, 0.2) is 0 Å². The van der Waals surface area contributed by atoms with Gasteiger partial charge in [-0.3, -0.25) is 9.20 Å². The third-order valence-corrected chi connectivity index (χ3v) is 2.19. The molecular formula is C9H10N4O2. The normalized spacial score (nSPS) is 12.9. The molecule has 0 aliphatic heterocycles. The Morgan fingerprint density at radius 1 is 1.53 bits per heavy atom. The van der Waals surface area contributed by atoms with E-state index >= 15 is 0 Å². The molecule has 78 valence electrons. The molecule has 2 aromatic heterocycles. The van der Waals surface area contributed by atoms with Crippen LogP contribution < -0.4 is 5.73 Å². The lowest BCUT2D eigenvalue weighted by Gasteiger charge is -2.06. The summed E-state index contributed by atoms with van der Waals surface area (Å²) < 4.78 is 1.71. The van der Waals surface area contributed by atoms with E-state index in [2.05, 4.69) is 9.97 Å². The minimum atomic E-state index is -1.08. The lowest BCUT2D eigenvalue weighted by atomic mass is 10.2. The largest absolute Gasteiger partial charge is 0.480 e. The Morgan fingerprint density at radius 3 is 2.87 bits per heavy atom. The van der Waals surface area contributed by atoms with E-state index in [0.29, 0.717) is 11.3 Å². The summed E-state index contributed by atoms with van der Waals surface area (Å²) in [4.78, 5) is 18.7. The minimum Gasteiger partial charge on any atom is -0.480 e. The van der Waals surface area contributed by atoms with Crippen LogP contribution in [0.2, 0.25) is 0 Å². The van der Waals surface area contributed by atoms with Gasteiger partial charge in [-0.25, -0.2) is 9.97 Å². The Morgan fingerprint density at radius 2 is 2.20 bits per heavy atom. The average molecular weight is 206 g/mol. The highest BCUT2D eigenvalue weighted by atomic mass is 16.4. The van der Waals surface area contributed by atoms with Crippen LogP contribution in [0.15, 0.2) is 18.6 Å². The van der Waals surface area contributed by atoms with Crippen molar-refractivity contribution in [2.45, 2.75) is 13.0 Å². The molecular weight excluding hydrogens is 196 g/mol. The molecule has 6 heteroatoms. The number of hydrogen-bond acceptors (Lipinski definition) is 4. The maximum absolute atomic E-state index is 10.7. The van der Waals surface area contributed by atoms with Crippen molar-refractivity contribution in [3.8, 4) is 0 Å². The molecule has 2 heterocycles. The summed E-state index contributed by atoms with van der Waals surface area (Å²) in [5.74, 6) is -0.539. The molecule has 6 nitrogen and oxygen atoms in total. The second kappa shape index (κ2) is 3.32. The summed E-state index contributed by atoms with van der Waals surface area (Å²) in [6, 6.07) is -1.05. The number of imidazole rings is 1. The van der Waals surface area contributed by atoms with Gasteiger partial charge in [0.25, 0.3) is 0 Å². The molecule has 2 rings (SSSR count). The average Bonchev–Trinajstić information content (AvgIpc) is 2.59. The first-order valence-electron chi connectivity index (χ1n) is 4.37. The molecule has 0 fully saturated rings. The van der Waals surface area contributed by atoms with Gasteiger partial charge in [0.2, 0.25) is 5.78 Å². The second-order valence-corrected chi connectivity index (χ2v) is 3.27. The monoisotopic (exact) mass is 206 g/mol. The smallest absolute Gasteiger partial charge is 0.325 e. The van der Waals surface area contributed by atoms with Crippen LogP contribution in [0.25, 0.3) is 5.78 Å². The number of rotatable bonds is 2. The predicted molar refractivity (Wildman–Crippen MR) is 52.3 cm³/mol. The molecule has 0 saturated carbocycles. The highest BCUT2D eigenvalue weighted by molar-refractivity contribution is 5.75. The molecule has 15 heavy (non-hydrogen) atoms. The molecule has 1 unspecified atom stereocenters. The molecule has 0 amide bonds. The van der Waals surface area contributed by atoms with Gasteiger partial charge >= 0.3 is 5.97 Å². The summed E-state index contributed by atoms with van der Waals surface area (Å²) in [6.07, 6.45) is 4.74. The second-order valence-electron chi connectivity index (χ2n) is 3.27. The zero-order valence-corrected chi connectivity index (χ0v) is 8.08. The van der Waals surface area contributed by atoms with E-state index in [1.165, 1.54) is 6.20 Å². The van der Waals surface area contributed by atoms with E-state index in [4.69, 9.17) is 10.8 Å². The van der Waals surface area contributed by atoms with E-state index < -0.39 is 12.0 Å². The maximum atomic E-state index is 10.7. The summed E-state index contributed by atoms with van der Waals surface area (Å²) in [7, 11) is 0. The van der Waals surface area contributed by atoms with E-state index in [1.54, 1.807) is 16.8 Å². The Labute approximate surface area is 85.4 Å². The van der Waals surface area contributed by atoms with Gasteiger partial charge in [0, 0.05) is 23.7 Å². The number of carbonyl (C=O) groups is 1. The predicted octanol–water partition coefficient (Wildman–Crippen LogP) is 0.122. The molecule has 0 aromatic carbocycles. The number of nitrogens with zero attached hydrogens (tertiary/aromatic N) is 3. The highest BCUT2D eigenvalue weighted by Gasteiger charge is 2.15. The number of aromatic nitrogens is 3. The topological polar surface area (TPSA) is 93.5 Å². The van der Waals surface area contributed by atoms with E-state index in [0.717, 1.165) is 5.69 Å². The molecule has 2 aromatic rings. The van der Waals surface area contributed by atoms with Crippen LogP contribution in [-0.2, 0) is 4.79 Å². The SMILES string of the molecule is Cc1cnc2ncc(C(N)C(=O)O)cn12. The third kappa shape index (κ3) is 1.55. The Bertz CT molecular complexity index is 520. The van der Waals surface area contributed by atoms with Gasteiger partial charge in [-0.15, -0.1) is 0 Å². The maximum Gasteiger partial charge on any atom is 0.325 e. The van der Waals surface area contributed by atoms with Crippen LogP contribution in [0.1, 0.15) is 17.3 Å². The Hall–Kier alpha value is -1.95. The molecule has 0 bridgehead atoms. The van der Waals surface area contributed by atoms with Crippen LogP contribution in [0.4, 0.5) is 0 Å².